The molecule has 2 aromatic rings. The second-order valence-electron chi connectivity index (χ2n) is 5.91. The monoisotopic (exact) mass is 471 g/mol. The Hall–Kier alpha value is -2.10. The molecule has 0 saturated heterocycles. The number of aromatic nitrogens is 1. The lowest BCUT2D eigenvalue weighted by molar-refractivity contribution is -0.120. The highest BCUT2D eigenvalue weighted by atomic mass is 127. The quantitative estimate of drug-likeness (QED) is 0.328. The number of carbonyl (C=O) groups is 1. The summed E-state index contributed by atoms with van der Waals surface area (Å²) in [4.78, 5) is 16.0. The minimum absolute atomic E-state index is 0. The number of hydrogen-bond donors (Lipinski definition) is 3. The summed E-state index contributed by atoms with van der Waals surface area (Å²) in [5.41, 5.74) is 1.98. The summed E-state index contributed by atoms with van der Waals surface area (Å²) in [6.45, 7) is 5.21. The molecule has 0 spiro atoms. The van der Waals surface area contributed by atoms with E-state index in [1.807, 2.05) is 36.4 Å². The molecule has 142 valence electrons. The van der Waals surface area contributed by atoms with Crippen LogP contribution in [0.4, 0.5) is 0 Å². The molecule has 26 heavy (non-hydrogen) atoms. The van der Waals surface area contributed by atoms with Crippen LogP contribution in [0.15, 0.2) is 45.9 Å². The highest BCUT2D eigenvalue weighted by Crippen LogP contribution is 2.13. The van der Waals surface area contributed by atoms with Crippen molar-refractivity contribution in [1.29, 1.82) is 0 Å². The van der Waals surface area contributed by atoms with Gasteiger partial charge in [0.25, 0.3) is 0 Å². The number of nitrogens with one attached hydrogen (secondary N) is 3. The Labute approximate surface area is 171 Å². The van der Waals surface area contributed by atoms with Crippen molar-refractivity contribution in [2.24, 2.45) is 4.99 Å². The molecule has 0 fully saturated rings. The maximum Gasteiger partial charge on any atom is 0.239 e. The summed E-state index contributed by atoms with van der Waals surface area (Å²) in [5, 5.41) is 12.9. The second-order valence-corrected chi connectivity index (χ2v) is 5.91. The van der Waals surface area contributed by atoms with Crippen LogP contribution < -0.4 is 16.0 Å². The van der Waals surface area contributed by atoms with E-state index in [0.29, 0.717) is 25.0 Å². The first-order valence-corrected chi connectivity index (χ1v) is 8.29. The third-order valence-corrected chi connectivity index (χ3v) is 3.57. The molecule has 2 rings (SSSR count). The summed E-state index contributed by atoms with van der Waals surface area (Å²) in [7, 11) is 1.65. The number of aliphatic imine (C=N–C) groups is 1. The highest BCUT2D eigenvalue weighted by Gasteiger charge is 2.09. The van der Waals surface area contributed by atoms with Crippen LogP contribution in [0.5, 0.6) is 0 Å². The van der Waals surface area contributed by atoms with E-state index >= 15 is 0 Å². The average Bonchev–Trinajstić information content (AvgIpc) is 3.10. The zero-order valence-corrected chi connectivity index (χ0v) is 17.6. The third kappa shape index (κ3) is 7.42. The molecular weight excluding hydrogens is 445 g/mol. The minimum Gasteiger partial charge on any atom is -0.359 e. The Balaban J connectivity index is 0.00000338. The predicted molar refractivity (Wildman–Crippen MR) is 112 cm³/mol. The number of halogens is 1. The van der Waals surface area contributed by atoms with Crippen LogP contribution in [0.25, 0.3) is 0 Å². The van der Waals surface area contributed by atoms with E-state index in [1.54, 1.807) is 7.05 Å². The van der Waals surface area contributed by atoms with E-state index in [9.17, 15) is 4.79 Å². The summed E-state index contributed by atoms with van der Waals surface area (Å²) < 4.78 is 5.26. The van der Waals surface area contributed by atoms with E-state index in [-0.39, 0.29) is 36.4 Å². The van der Waals surface area contributed by atoms with Crippen LogP contribution >= 0.6 is 24.0 Å². The third-order valence-electron chi connectivity index (χ3n) is 3.57. The van der Waals surface area contributed by atoms with Crippen molar-refractivity contribution in [2.45, 2.75) is 32.9 Å². The Bertz CT molecular complexity index is 701. The number of benzene rings is 1. The summed E-state index contributed by atoms with van der Waals surface area (Å²) >= 11 is 0. The van der Waals surface area contributed by atoms with Gasteiger partial charge in [-0.05, 0) is 11.5 Å². The fraction of sp³-hybridized carbons (Fsp3) is 0.389. The standard InChI is InChI=1S/C18H25N5O2.HI/c1-13(2)16-9-15(25-23-16)11-21-18(19-3)22-12-17(24)20-10-14-7-5-4-6-8-14;/h4-9,13H,10-12H2,1-3H3,(H,20,24)(H2,19,21,22);1H. The minimum atomic E-state index is -0.103. The van der Waals surface area contributed by atoms with Crippen molar-refractivity contribution in [2.75, 3.05) is 13.6 Å². The van der Waals surface area contributed by atoms with Crippen molar-refractivity contribution >= 4 is 35.8 Å². The molecule has 3 N–H and O–H groups in total. The van der Waals surface area contributed by atoms with Crippen molar-refractivity contribution in [1.82, 2.24) is 21.1 Å². The van der Waals surface area contributed by atoms with Crippen LogP contribution in [-0.2, 0) is 17.9 Å². The van der Waals surface area contributed by atoms with Gasteiger partial charge in [-0.3, -0.25) is 9.79 Å². The first-order valence-electron chi connectivity index (χ1n) is 8.29. The van der Waals surface area contributed by atoms with Gasteiger partial charge in [-0.25, -0.2) is 0 Å². The van der Waals surface area contributed by atoms with Crippen LogP contribution in [0.1, 0.15) is 36.8 Å². The molecule has 0 radical (unpaired) electrons. The molecule has 8 heteroatoms. The number of carbonyl (C=O) groups excluding carboxylic acids is 1. The lowest BCUT2D eigenvalue weighted by Gasteiger charge is -2.11. The molecule has 0 aliphatic carbocycles. The van der Waals surface area contributed by atoms with Gasteiger partial charge in [-0.15, -0.1) is 24.0 Å². The smallest absolute Gasteiger partial charge is 0.239 e. The number of amides is 1. The predicted octanol–water partition coefficient (Wildman–Crippen LogP) is 2.40. The van der Waals surface area contributed by atoms with E-state index in [2.05, 4.69) is 39.9 Å². The first kappa shape index (κ1) is 21.9. The molecule has 7 nitrogen and oxygen atoms in total. The zero-order chi connectivity index (χ0) is 18.1. The maximum atomic E-state index is 11.9. The summed E-state index contributed by atoms with van der Waals surface area (Å²) in [6, 6.07) is 11.7. The molecule has 0 unspecified atom stereocenters. The number of hydrogen-bond acceptors (Lipinski definition) is 4. The van der Waals surface area contributed by atoms with Gasteiger partial charge in [0.1, 0.15) is 0 Å². The topological polar surface area (TPSA) is 91.5 Å². The second kappa shape index (κ2) is 11.5. The fourth-order valence-electron chi connectivity index (χ4n) is 2.10. The van der Waals surface area contributed by atoms with Gasteiger partial charge in [0.15, 0.2) is 11.7 Å². The van der Waals surface area contributed by atoms with Gasteiger partial charge in [0, 0.05) is 19.7 Å². The maximum absolute atomic E-state index is 11.9. The van der Waals surface area contributed by atoms with Gasteiger partial charge < -0.3 is 20.5 Å². The van der Waals surface area contributed by atoms with Gasteiger partial charge in [-0.1, -0.05) is 49.3 Å². The highest BCUT2D eigenvalue weighted by molar-refractivity contribution is 14.0. The molecule has 0 aliphatic rings. The molecule has 0 bridgehead atoms. The lowest BCUT2D eigenvalue weighted by atomic mass is 10.1. The number of guanidine groups is 1. The van der Waals surface area contributed by atoms with Crippen LogP contribution in [0.3, 0.4) is 0 Å². The SMILES string of the molecule is CN=C(NCC(=O)NCc1ccccc1)NCc1cc(C(C)C)no1.I. The fourth-order valence-corrected chi connectivity index (χ4v) is 2.10. The number of nitrogens with zero attached hydrogens (tertiary/aromatic N) is 2. The largest absolute Gasteiger partial charge is 0.359 e. The lowest BCUT2D eigenvalue weighted by Crippen LogP contribution is -2.42. The molecule has 1 heterocycles. The first-order chi connectivity index (χ1) is 12.1. The van der Waals surface area contributed by atoms with Crippen molar-refractivity contribution in [3.05, 3.63) is 53.4 Å². The van der Waals surface area contributed by atoms with Crippen LogP contribution in [-0.4, -0.2) is 30.6 Å². The average molecular weight is 471 g/mol. The number of rotatable bonds is 7. The van der Waals surface area contributed by atoms with Gasteiger partial charge in [0.2, 0.25) is 5.91 Å². The molecular formula is C18H26IN5O2. The molecule has 0 saturated carbocycles. The van der Waals surface area contributed by atoms with Crippen LogP contribution in [0.2, 0.25) is 0 Å². The molecule has 1 amide bonds. The summed E-state index contributed by atoms with van der Waals surface area (Å²) in [5.74, 6) is 1.47. The molecule has 0 aliphatic heterocycles. The van der Waals surface area contributed by atoms with Crippen molar-refractivity contribution in [3.8, 4) is 0 Å². The Morgan fingerprint density at radius 3 is 2.50 bits per heavy atom. The van der Waals surface area contributed by atoms with Gasteiger partial charge in [0.05, 0.1) is 18.8 Å². The molecule has 1 aromatic carbocycles. The molecule has 1 aromatic heterocycles. The van der Waals surface area contributed by atoms with Crippen LogP contribution in [0, 0.1) is 0 Å². The Kier molecular flexibility index (Phi) is 9.71. The van der Waals surface area contributed by atoms with Gasteiger partial charge >= 0.3 is 0 Å². The summed E-state index contributed by atoms with van der Waals surface area (Å²) in [6.07, 6.45) is 0. The van der Waals surface area contributed by atoms with E-state index < -0.39 is 0 Å². The Morgan fingerprint density at radius 2 is 1.88 bits per heavy atom. The van der Waals surface area contributed by atoms with E-state index in [4.69, 9.17) is 4.52 Å². The normalized spacial score (nSPS) is 11.0. The molecule has 0 atom stereocenters. The van der Waals surface area contributed by atoms with Crippen molar-refractivity contribution < 1.29 is 9.32 Å². The zero-order valence-electron chi connectivity index (χ0n) is 15.3. The van der Waals surface area contributed by atoms with E-state index in [1.165, 1.54) is 0 Å². The Morgan fingerprint density at radius 1 is 1.15 bits per heavy atom. The van der Waals surface area contributed by atoms with Gasteiger partial charge in [-0.2, -0.15) is 0 Å². The van der Waals surface area contributed by atoms with Crippen molar-refractivity contribution in [3.63, 3.8) is 0 Å². The van der Waals surface area contributed by atoms with E-state index in [0.717, 1.165) is 17.0 Å².